The van der Waals surface area contributed by atoms with Crippen LogP contribution in [0, 0.1) is 0 Å². The van der Waals surface area contributed by atoms with Gasteiger partial charge in [0.2, 0.25) is 5.91 Å². The van der Waals surface area contributed by atoms with E-state index in [1.165, 1.54) is 0 Å². The number of carbonyl (C=O) groups excluding carboxylic acids is 2. The predicted molar refractivity (Wildman–Crippen MR) is 91.6 cm³/mol. The summed E-state index contributed by atoms with van der Waals surface area (Å²) in [6.45, 7) is 1.69. The summed E-state index contributed by atoms with van der Waals surface area (Å²) in [4.78, 5) is 23.7. The molecule has 6 heteroatoms. The highest BCUT2D eigenvalue weighted by Crippen LogP contribution is 2.32. The Hall–Kier alpha value is -2.34. The Morgan fingerprint density at radius 3 is 2.74 bits per heavy atom. The van der Waals surface area contributed by atoms with Gasteiger partial charge in [0.15, 0.2) is 6.10 Å². The smallest absolute Gasteiger partial charge is 0.265 e. The lowest BCUT2D eigenvalue weighted by Crippen LogP contribution is -2.34. The largest absolute Gasteiger partial charge is 0.479 e. The highest BCUT2D eigenvalue weighted by molar-refractivity contribution is 9.10. The molecule has 2 aromatic carbocycles. The maximum absolute atomic E-state index is 12.1. The van der Waals surface area contributed by atoms with E-state index in [0.717, 1.165) is 10.0 Å². The lowest BCUT2D eigenvalue weighted by atomic mass is 10.1. The Bertz CT molecular complexity index is 759. The van der Waals surface area contributed by atoms with Crippen molar-refractivity contribution < 1.29 is 14.3 Å². The normalized spacial score (nSPS) is 16.1. The molecule has 3 rings (SSSR count). The van der Waals surface area contributed by atoms with Crippen molar-refractivity contribution in [3.05, 3.63) is 52.5 Å². The topological polar surface area (TPSA) is 67.4 Å². The molecule has 0 unspecified atom stereocenters. The first-order valence-electron chi connectivity index (χ1n) is 7.17. The van der Waals surface area contributed by atoms with Crippen molar-refractivity contribution in [2.75, 3.05) is 10.6 Å². The molecule has 5 nitrogen and oxygen atoms in total. The van der Waals surface area contributed by atoms with E-state index in [1.807, 2.05) is 24.3 Å². The van der Waals surface area contributed by atoms with Crippen molar-refractivity contribution in [3.63, 3.8) is 0 Å². The summed E-state index contributed by atoms with van der Waals surface area (Å²) >= 11 is 3.36. The highest BCUT2D eigenvalue weighted by Gasteiger charge is 2.23. The van der Waals surface area contributed by atoms with Crippen LogP contribution in [0.1, 0.15) is 12.5 Å². The van der Waals surface area contributed by atoms with Crippen LogP contribution in [0.4, 0.5) is 11.4 Å². The molecule has 0 saturated heterocycles. The second-order valence-corrected chi connectivity index (χ2v) is 6.23. The van der Waals surface area contributed by atoms with Crippen molar-refractivity contribution in [2.45, 2.75) is 19.4 Å². The zero-order valence-corrected chi connectivity index (χ0v) is 14.0. The first-order chi connectivity index (χ1) is 11.0. The third-order valence-corrected chi connectivity index (χ3v) is 4.00. The average Bonchev–Trinajstić information content (AvgIpc) is 2.51. The molecular formula is C17H15BrN2O3. The number of carbonyl (C=O) groups is 2. The minimum atomic E-state index is -0.514. The van der Waals surface area contributed by atoms with Crippen molar-refractivity contribution in [1.29, 1.82) is 0 Å². The molecule has 0 bridgehead atoms. The van der Waals surface area contributed by atoms with E-state index in [2.05, 4.69) is 26.6 Å². The third kappa shape index (κ3) is 3.71. The minimum absolute atomic E-state index is 0.122. The Kier molecular flexibility index (Phi) is 4.34. The van der Waals surface area contributed by atoms with Crippen LogP contribution in [0.15, 0.2) is 46.9 Å². The lowest BCUT2D eigenvalue weighted by Gasteiger charge is -2.23. The summed E-state index contributed by atoms with van der Waals surface area (Å²) in [6, 6.07) is 12.8. The van der Waals surface area contributed by atoms with Gasteiger partial charge in [-0.25, -0.2) is 0 Å². The Morgan fingerprint density at radius 2 is 2.00 bits per heavy atom. The molecule has 2 aromatic rings. The third-order valence-electron chi connectivity index (χ3n) is 3.47. The van der Waals surface area contributed by atoms with Crippen molar-refractivity contribution in [2.24, 2.45) is 0 Å². The van der Waals surface area contributed by atoms with Gasteiger partial charge in [0.05, 0.1) is 12.1 Å². The molecule has 0 spiro atoms. The second kappa shape index (κ2) is 6.42. The molecule has 1 heterocycles. The van der Waals surface area contributed by atoms with Crippen molar-refractivity contribution >= 4 is 39.1 Å². The number of benzene rings is 2. The second-order valence-electron chi connectivity index (χ2n) is 5.31. The number of halogens is 1. The minimum Gasteiger partial charge on any atom is -0.479 e. The van der Waals surface area contributed by atoms with Gasteiger partial charge in [0, 0.05) is 10.2 Å². The fourth-order valence-corrected chi connectivity index (χ4v) is 2.54. The fraction of sp³-hybridized carbons (Fsp3) is 0.176. The summed E-state index contributed by atoms with van der Waals surface area (Å²) in [5.74, 6) is 0.280. The van der Waals surface area contributed by atoms with Gasteiger partial charge in [-0.3, -0.25) is 9.59 Å². The number of anilines is 2. The highest BCUT2D eigenvalue weighted by atomic mass is 79.9. The van der Waals surface area contributed by atoms with Crippen LogP contribution >= 0.6 is 15.9 Å². The molecule has 118 valence electrons. The SMILES string of the molecule is C[C@H]1Oc2ccc(NC(=O)Cc3ccc(Br)cc3)cc2NC1=O. The summed E-state index contributed by atoms with van der Waals surface area (Å²) in [6.07, 6.45) is -0.232. The van der Waals surface area contributed by atoms with Crippen molar-refractivity contribution in [1.82, 2.24) is 0 Å². The molecule has 0 fully saturated rings. The van der Waals surface area contributed by atoms with Crippen LogP contribution < -0.4 is 15.4 Å². The van der Waals surface area contributed by atoms with Gasteiger partial charge >= 0.3 is 0 Å². The van der Waals surface area contributed by atoms with E-state index in [0.29, 0.717) is 17.1 Å². The zero-order valence-electron chi connectivity index (χ0n) is 12.4. The molecular weight excluding hydrogens is 360 g/mol. The Morgan fingerprint density at radius 1 is 1.26 bits per heavy atom. The quantitative estimate of drug-likeness (QED) is 0.865. The van der Waals surface area contributed by atoms with Crippen LogP contribution in [0.25, 0.3) is 0 Å². The number of hydrogen-bond donors (Lipinski definition) is 2. The summed E-state index contributed by atoms with van der Waals surface area (Å²) in [5.41, 5.74) is 2.10. The molecule has 1 atom stereocenters. The molecule has 23 heavy (non-hydrogen) atoms. The summed E-state index contributed by atoms with van der Waals surface area (Å²) < 4.78 is 6.46. The van der Waals surface area contributed by atoms with Gasteiger partial charge in [-0.2, -0.15) is 0 Å². The molecule has 1 aliphatic heterocycles. The van der Waals surface area contributed by atoms with E-state index < -0.39 is 6.10 Å². The lowest BCUT2D eigenvalue weighted by molar-refractivity contribution is -0.122. The zero-order chi connectivity index (χ0) is 16.4. The van der Waals surface area contributed by atoms with Crippen LogP contribution in [0.5, 0.6) is 5.75 Å². The van der Waals surface area contributed by atoms with E-state index in [4.69, 9.17) is 4.74 Å². The van der Waals surface area contributed by atoms with Crippen molar-refractivity contribution in [3.8, 4) is 5.75 Å². The number of nitrogens with one attached hydrogen (secondary N) is 2. The van der Waals surface area contributed by atoms with E-state index >= 15 is 0 Å². The molecule has 0 saturated carbocycles. The van der Waals surface area contributed by atoms with Gasteiger partial charge in [0.1, 0.15) is 5.75 Å². The number of ether oxygens (including phenoxy) is 1. The molecule has 0 aliphatic carbocycles. The Balaban J connectivity index is 1.68. The first kappa shape index (κ1) is 15.6. The summed E-state index contributed by atoms with van der Waals surface area (Å²) in [7, 11) is 0. The van der Waals surface area contributed by atoms with Gasteiger partial charge in [-0.15, -0.1) is 0 Å². The maximum atomic E-state index is 12.1. The van der Waals surface area contributed by atoms with Crippen LogP contribution in [0.3, 0.4) is 0 Å². The molecule has 0 radical (unpaired) electrons. The number of hydrogen-bond acceptors (Lipinski definition) is 3. The summed E-state index contributed by atoms with van der Waals surface area (Å²) in [5, 5.41) is 5.58. The average molecular weight is 375 g/mol. The molecule has 0 aromatic heterocycles. The van der Waals surface area contributed by atoms with Crippen LogP contribution in [0.2, 0.25) is 0 Å². The monoisotopic (exact) mass is 374 g/mol. The van der Waals surface area contributed by atoms with Crippen LogP contribution in [-0.4, -0.2) is 17.9 Å². The maximum Gasteiger partial charge on any atom is 0.265 e. The fourth-order valence-electron chi connectivity index (χ4n) is 2.28. The number of fused-ring (bicyclic) bond motifs is 1. The van der Waals surface area contributed by atoms with E-state index in [9.17, 15) is 9.59 Å². The van der Waals surface area contributed by atoms with Crippen LogP contribution in [-0.2, 0) is 16.0 Å². The van der Waals surface area contributed by atoms with Gasteiger partial charge in [-0.1, -0.05) is 28.1 Å². The van der Waals surface area contributed by atoms with Gasteiger partial charge < -0.3 is 15.4 Å². The first-order valence-corrected chi connectivity index (χ1v) is 7.96. The predicted octanol–water partition coefficient (Wildman–Crippen LogP) is 3.35. The molecule has 2 amide bonds. The van der Waals surface area contributed by atoms with E-state index in [1.54, 1.807) is 25.1 Å². The number of rotatable bonds is 3. The molecule has 1 aliphatic rings. The van der Waals surface area contributed by atoms with E-state index in [-0.39, 0.29) is 18.2 Å². The molecule has 2 N–H and O–H groups in total. The Labute approximate surface area is 142 Å². The van der Waals surface area contributed by atoms with Gasteiger partial charge in [0.25, 0.3) is 5.91 Å². The van der Waals surface area contributed by atoms with Gasteiger partial charge in [-0.05, 0) is 42.8 Å². The standard InChI is InChI=1S/C17H15BrN2O3/c1-10-17(22)20-14-9-13(6-7-15(14)23-10)19-16(21)8-11-2-4-12(18)5-3-11/h2-7,9-10H,8H2,1H3,(H,19,21)(H,20,22)/t10-/m1/s1. The number of amides is 2.